The lowest BCUT2D eigenvalue weighted by atomic mass is 10.1. The third-order valence-electron chi connectivity index (χ3n) is 1.78. The van der Waals surface area contributed by atoms with Crippen molar-refractivity contribution in [2.75, 3.05) is 0 Å². The van der Waals surface area contributed by atoms with Gasteiger partial charge in [0, 0.05) is 12.0 Å². The van der Waals surface area contributed by atoms with E-state index in [1.165, 1.54) is 6.07 Å². The van der Waals surface area contributed by atoms with Crippen LogP contribution < -0.4 is 5.56 Å². The van der Waals surface area contributed by atoms with Crippen LogP contribution in [0.3, 0.4) is 0 Å². The molecule has 0 fully saturated rings. The van der Waals surface area contributed by atoms with E-state index < -0.39 is 4.92 Å². The highest BCUT2D eigenvalue weighted by molar-refractivity contribution is 9.10. The lowest BCUT2D eigenvalue weighted by molar-refractivity contribution is -0.386. The molecule has 5 nitrogen and oxygen atoms in total. The van der Waals surface area contributed by atoms with E-state index in [0.29, 0.717) is 5.69 Å². The van der Waals surface area contributed by atoms with Gasteiger partial charge >= 0.3 is 0 Å². The molecule has 0 aliphatic carbocycles. The van der Waals surface area contributed by atoms with Crippen molar-refractivity contribution in [2.24, 2.45) is 0 Å². The molecular formula is C8H9BrN2O3. The maximum Gasteiger partial charge on any atom is 0.290 e. The van der Waals surface area contributed by atoms with Gasteiger partial charge in [0.25, 0.3) is 11.2 Å². The van der Waals surface area contributed by atoms with Crippen LogP contribution in [0, 0.1) is 10.1 Å². The Hall–Kier alpha value is -1.17. The van der Waals surface area contributed by atoms with Gasteiger partial charge in [0.05, 0.1) is 15.1 Å². The first-order valence-corrected chi connectivity index (χ1v) is 4.80. The Bertz CT molecular complexity index is 425. The number of H-pyrrole nitrogens is 1. The number of nitro groups is 1. The molecule has 0 aliphatic rings. The minimum atomic E-state index is -0.504. The van der Waals surface area contributed by atoms with Crippen LogP contribution in [0.4, 0.5) is 5.69 Å². The minimum Gasteiger partial charge on any atom is -0.319 e. The number of rotatable bonds is 2. The summed E-state index contributed by atoms with van der Waals surface area (Å²) in [6, 6.07) is 1.23. The third kappa shape index (κ3) is 2.01. The van der Waals surface area contributed by atoms with Crippen LogP contribution >= 0.6 is 15.9 Å². The average Bonchev–Trinajstić information content (AvgIpc) is 2.08. The van der Waals surface area contributed by atoms with Gasteiger partial charge in [0.1, 0.15) is 0 Å². The van der Waals surface area contributed by atoms with E-state index >= 15 is 0 Å². The summed E-state index contributed by atoms with van der Waals surface area (Å²) in [5, 5.41) is 10.7. The smallest absolute Gasteiger partial charge is 0.290 e. The van der Waals surface area contributed by atoms with Crippen LogP contribution in [0.15, 0.2) is 15.3 Å². The second-order valence-electron chi connectivity index (χ2n) is 3.16. The number of hydrogen-bond donors (Lipinski definition) is 1. The van der Waals surface area contributed by atoms with Crippen LogP contribution in [-0.4, -0.2) is 9.91 Å². The van der Waals surface area contributed by atoms with E-state index in [-0.39, 0.29) is 21.6 Å². The van der Waals surface area contributed by atoms with Crippen LogP contribution in [0.2, 0.25) is 0 Å². The van der Waals surface area contributed by atoms with E-state index in [4.69, 9.17) is 0 Å². The fraction of sp³-hybridized carbons (Fsp3) is 0.375. The lowest BCUT2D eigenvalue weighted by Crippen LogP contribution is -2.13. The normalized spacial score (nSPS) is 10.6. The Morgan fingerprint density at radius 2 is 2.14 bits per heavy atom. The molecule has 0 saturated heterocycles. The van der Waals surface area contributed by atoms with E-state index in [1.54, 1.807) is 13.8 Å². The Morgan fingerprint density at radius 1 is 1.57 bits per heavy atom. The van der Waals surface area contributed by atoms with E-state index in [9.17, 15) is 14.9 Å². The standard InChI is InChI=1S/C8H9BrN2O3/c1-4(2)7-6(11(13)14)3-5(9)8(12)10-7/h3-4H,1-2H3,(H,10,12). The molecule has 1 heterocycles. The van der Waals surface area contributed by atoms with Gasteiger partial charge in [-0.05, 0) is 15.9 Å². The highest BCUT2D eigenvalue weighted by Gasteiger charge is 2.18. The van der Waals surface area contributed by atoms with Gasteiger partial charge in [-0.2, -0.15) is 0 Å². The second kappa shape index (κ2) is 3.91. The summed E-state index contributed by atoms with van der Waals surface area (Å²) in [5.74, 6) is -0.0869. The van der Waals surface area contributed by atoms with Crippen LogP contribution in [-0.2, 0) is 0 Å². The van der Waals surface area contributed by atoms with E-state index in [2.05, 4.69) is 20.9 Å². The van der Waals surface area contributed by atoms with Crippen LogP contribution in [0.25, 0.3) is 0 Å². The second-order valence-corrected chi connectivity index (χ2v) is 4.01. The van der Waals surface area contributed by atoms with Crippen LogP contribution in [0.5, 0.6) is 0 Å². The maximum absolute atomic E-state index is 11.2. The molecule has 0 radical (unpaired) electrons. The van der Waals surface area contributed by atoms with Crippen molar-refractivity contribution < 1.29 is 4.92 Å². The zero-order chi connectivity index (χ0) is 10.9. The van der Waals surface area contributed by atoms with Gasteiger partial charge in [-0.1, -0.05) is 13.8 Å². The maximum atomic E-state index is 11.2. The molecule has 0 atom stereocenters. The molecule has 0 aromatic carbocycles. The van der Waals surface area contributed by atoms with Gasteiger partial charge in [-0.3, -0.25) is 14.9 Å². The first-order valence-electron chi connectivity index (χ1n) is 4.00. The van der Waals surface area contributed by atoms with Crippen molar-refractivity contribution >= 4 is 21.6 Å². The quantitative estimate of drug-likeness (QED) is 0.654. The Balaban J connectivity index is 3.47. The number of halogens is 1. The summed E-state index contributed by atoms with van der Waals surface area (Å²) < 4.78 is 0.175. The summed E-state index contributed by atoms with van der Waals surface area (Å²) in [6.45, 7) is 3.57. The topological polar surface area (TPSA) is 76.0 Å². The average molecular weight is 261 g/mol. The van der Waals surface area contributed by atoms with Gasteiger partial charge in [-0.15, -0.1) is 0 Å². The Morgan fingerprint density at radius 3 is 2.57 bits per heavy atom. The predicted molar refractivity (Wildman–Crippen MR) is 55.5 cm³/mol. The predicted octanol–water partition coefficient (Wildman–Crippen LogP) is 2.17. The number of nitrogens with one attached hydrogen (secondary N) is 1. The summed E-state index contributed by atoms with van der Waals surface area (Å²) >= 11 is 2.95. The summed E-state index contributed by atoms with van der Waals surface area (Å²) in [6.07, 6.45) is 0. The molecule has 1 aromatic rings. The van der Waals surface area contributed by atoms with Gasteiger partial charge in [0.2, 0.25) is 0 Å². The highest BCUT2D eigenvalue weighted by Crippen LogP contribution is 2.24. The highest BCUT2D eigenvalue weighted by atomic mass is 79.9. The number of aromatic amines is 1. The van der Waals surface area contributed by atoms with Crippen molar-refractivity contribution in [3.63, 3.8) is 0 Å². The number of hydrogen-bond acceptors (Lipinski definition) is 3. The molecule has 1 rings (SSSR count). The molecular weight excluding hydrogens is 252 g/mol. The molecule has 0 bridgehead atoms. The zero-order valence-electron chi connectivity index (χ0n) is 7.70. The molecule has 1 aromatic heterocycles. The lowest BCUT2D eigenvalue weighted by Gasteiger charge is -2.05. The van der Waals surface area contributed by atoms with Crippen molar-refractivity contribution in [3.8, 4) is 0 Å². The Labute approximate surface area is 88.4 Å². The van der Waals surface area contributed by atoms with Crippen molar-refractivity contribution in [1.82, 2.24) is 4.98 Å². The van der Waals surface area contributed by atoms with E-state index in [0.717, 1.165) is 0 Å². The molecule has 0 unspecified atom stereocenters. The first-order chi connectivity index (χ1) is 6.43. The fourth-order valence-corrected chi connectivity index (χ4v) is 1.42. The van der Waals surface area contributed by atoms with Crippen molar-refractivity contribution in [2.45, 2.75) is 19.8 Å². The summed E-state index contributed by atoms with van der Waals surface area (Å²) in [5.41, 5.74) is -0.0611. The molecule has 14 heavy (non-hydrogen) atoms. The Kier molecular flexibility index (Phi) is 3.05. The van der Waals surface area contributed by atoms with E-state index in [1.807, 2.05) is 0 Å². The number of nitrogens with zero attached hydrogens (tertiary/aromatic N) is 1. The van der Waals surface area contributed by atoms with Gasteiger partial charge < -0.3 is 4.98 Å². The van der Waals surface area contributed by atoms with Gasteiger partial charge in [0.15, 0.2) is 0 Å². The summed E-state index contributed by atoms with van der Waals surface area (Å²) in [7, 11) is 0. The molecule has 1 N–H and O–H groups in total. The van der Waals surface area contributed by atoms with Crippen molar-refractivity contribution in [3.05, 3.63) is 36.7 Å². The largest absolute Gasteiger partial charge is 0.319 e. The third-order valence-corrected chi connectivity index (χ3v) is 2.37. The SMILES string of the molecule is CC(C)c1[nH]c(=O)c(Br)cc1[N+](=O)[O-]. The van der Waals surface area contributed by atoms with Crippen molar-refractivity contribution in [1.29, 1.82) is 0 Å². The monoisotopic (exact) mass is 260 g/mol. The van der Waals surface area contributed by atoms with Crippen LogP contribution in [0.1, 0.15) is 25.5 Å². The molecule has 0 saturated carbocycles. The molecule has 6 heteroatoms. The molecule has 76 valence electrons. The molecule has 0 aliphatic heterocycles. The minimum absolute atomic E-state index is 0.0634. The summed E-state index contributed by atoms with van der Waals surface area (Å²) in [4.78, 5) is 23.8. The molecule has 0 spiro atoms. The number of aromatic nitrogens is 1. The first kappa shape index (κ1) is 10.9. The molecule has 0 amide bonds. The number of pyridine rings is 1. The van der Waals surface area contributed by atoms with Gasteiger partial charge in [-0.25, -0.2) is 0 Å². The fourth-order valence-electron chi connectivity index (χ4n) is 1.10. The zero-order valence-corrected chi connectivity index (χ0v) is 9.29.